The molecule has 5 heteroatoms. The number of rotatable bonds is 0. The Balaban J connectivity index is 2.13. The number of fused-ring (bicyclic) bond motifs is 5. The second-order valence-electron chi connectivity index (χ2n) is 5.42. The lowest BCUT2D eigenvalue weighted by Gasteiger charge is -2.23. The fourth-order valence-corrected chi connectivity index (χ4v) is 4.20. The first-order valence-electron chi connectivity index (χ1n) is 6.86. The highest BCUT2D eigenvalue weighted by Crippen LogP contribution is 2.43. The first-order valence-corrected chi connectivity index (χ1v) is 7.67. The summed E-state index contributed by atoms with van der Waals surface area (Å²) in [6, 6.07) is 0. The predicted molar refractivity (Wildman–Crippen MR) is 84.7 cm³/mol. The highest BCUT2D eigenvalue weighted by molar-refractivity contribution is 7.21. The normalized spacial score (nSPS) is 17.1. The largest absolute Gasteiger partial charge is 0.312 e. The number of hydrogen-bond acceptors (Lipinski definition) is 5. The van der Waals surface area contributed by atoms with Crippen molar-refractivity contribution in [2.24, 2.45) is 9.98 Å². The number of pyridine rings is 1. The number of hydrogen-bond donors (Lipinski definition) is 0. The zero-order valence-corrected chi connectivity index (χ0v) is 12.9. The standard InChI is InChI=1S/C15H16N4S/c1-7-8(2)11-12-13(20-15(11)17-9(7)3)14-16-5-6-19(14)10(4)18-12/h5-6H2,1-4H3. The van der Waals surface area contributed by atoms with Gasteiger partial charge in [-0.25, -0.2) is 9.98 Å². The van der Waals surface area contributed by atoms with E-state index < -0.39 is 0 Å². The third kappa shape index (κ3) is 1.38. The summed E-state index contributed by atoms with van der Waals surface area (Å²) >= 11 is 1.72. The first kappa shape index (κ1) is 12.0. The third-order valence-corrected chi connectivity index (χ3v) is 5.39. The molecule has 0 unspecified atom stereocenters. The maximum Gasteiger partial charge on any atom is 0.149 e. The molecule has 102 valence electrons. The predicted octanol–water partition coefficient (Wildman–Crippen LogP) is 3.35. The minimum absolute atomic E-state index is 0.861. The first-order chi connectivity index (χ1) is 9.58. The Morgan fingerprint density at radius 3 is 2.70 bits per heavy atom. The molecule has 0 N–H and O–H groups in total. The van der Waals surface area contributed by atoms with E-state index in [2.05, 4.69) is 37.6 Å². The van der Waals surface area contributed by atoms with Crippen LogP contribution in [0.25, 0.3) is 10.2 Å². The number of amidine groups is 2. The van der Waals surface area contributed by atoms with E-state index in [0.29, 0.717) is 0 Å². The van der Waals surface area contributed by atoms with Crippen LogP contribution in [0.2, 0.25) is 0 Å². The van der Waals surface area contributed by atoms with Crippen LogP contribution < -0.4 is 0 Å². The summed E-state index contributed by atoms with van der Waals surface area (Å²) in [6.45, 7) is 10.3. The van der Waals surface area contributed by atoms with Crippen molar-refractivity contribution in [1.29, 1.82) is 0 Å². The van der Waals surface area contributed by atoms with Crippen LogP contribution in [0.5, 0.6) is 0 Å². The van der Waals surface area contributed by atoms with Gasteiger partial charge in [-0.3, -0.25) is 4.99 Å². The molecule has 4 nitrogen and oxygen atoms in total. The Morgan fingerprint density at radius 1 is 1.10 bits per heavy atom. The molecule has 0 fully saturated rings. The van der Waals surface area contributed by atoms with E-state index in [0.717, 1.165) is 41.0 Å². The van der Waals surface area contributed by atoms with Crippen molar-refractivity contribution < 1.29 is 0 Å². The van der Waals surface area contributed by atoms with E-state index in [1.54, 1.807) is 11.3 Å². The molecule has 0 bridgehead atoms. The molecular weight excluding hydrogens is 268 g/mol. The van der Waals surface area contributed by atoms with E-state index in [1.807, 2.05) is 0 Å². The van der Waals surface area contributed by atoms with Gasteiger partial charge in [0.25, 0.3) is 0 Å². The second-order valence-corrected chi connectivity index (χ2v) is 6.42. The summed E-state index contributed by atoms with van der Waals surface area (Å²) in [5, 5.41) is 1.21. The van der Waals surface area contributed by atoms with Crippen molar-refractivity contribution in [2.75, 3.05) is 13.1 Å². The van der Waals surface area contributed by atoms with Gasteiger partial charge in [-0.05, 0) is 38.8 Å². The molecule has 2 aliphatic rings. The molecule has 4 heterocycles. The molecule has 0 spiro atoms. The van der Waals surface area contributed by atoms with E-state index in [-0.39, 0.29) is 0 Å². The Labute approximate surface area is 121 Å². The SMILES string of the molecule is CC1=Nc2c(sc3nc(C)c(C)c(C)c23)C2=NCCN12. The Bertz CT molecular complexity index is 813. The van der Waals surface area contributed by atoms with Crippen LogP contribution in [0.1, 0.15) is 28.6 Å². The summed E-state index contributed by atoms with van der Waals surface area (Å²) in [5.41, 5.74) is 4.75. The maximum atomic E-state index is 4.84. The van der Waals surface area contributed by atoms with Crippen LogP contribution in [0.3, 0.4) is 0 Å². The zero-order valence-electron chi connectivity index (χ0n) is 12.1. The summed E-state index contributed by atoms with van der Waals surface area (Å²) in [4.78, 5) is 18.7. The fourth-order valence-electron chi connectivity index (χ4n) is 2.96. The van der Waals surface area contributed by atoms with E-state index in [1.165, 1.54) is 21.4 Å². The van der Waals surface area contributed by atoms with Crippen LogP contribution >= 0.6 is 11.3 Å². The van der Waals surface area contributed by atoms with Crippen molar-refractivity contribution >= 4 is 38.9 Å². The second kappa shape index (κ2) is 3.88. The van der Waals surface area contributed by atoms with Crippen molar-refractivity contribution in [3.8, 4) is 0 Å². The van der Waals surface area contributed by atoms with Gasteiger partial charge in [0, 0.05) is 17.6 Å². The van der Waals surface area contributed by atoms with Crippen LogP contribution in [0, 0.1) is 20.8 Å². The number of aliphatic imine (C=N–C) groups is 2. The summed E-state index contributed by atoms with van der Waals surface area (Å²) in [5.74, 6) is 2.14. The lowest BCUT2D eigenvalue weighted by atomic mass is 10.0. The maximum absolute atomic E-state index is 4.84. The minimum Gasteiger partial charge on any atom is -0.312 e. The van der Waals surface area contributed by atoms with E-state index in [4.69, 9.17) is 9.98 Å². The minimum atomic E-state index is 0.861. The molecule has 0 saturated carbocycles. The molecule has 2 aromatic heterocycles. The van der Waals surface area contributed by atoms with Crippen molar-refractivity contribution in [3.05, 3.63) is 21.7 Å². The van der Waals surface area contributed by atoms with Gasteiger partial charge in [-0.2, -0.15) is 0 Å². The Hall–Kier alpha value is -1.75. The molecule has 0 amide bonds. The number of nitrogens with zero attached hydrogens (tertiary/aromatic N) is 4. The van der Waals surface area contributed by atoms with Gasteiger partial charge in [0.15, 0.2) is 0 Å². The van der Waals surface area contributed by atoms with Crippen LogP contribution in [0.4, 0.5) is 5.69 Å². The average molecular weight is 284 g/mol. The molecule has 0 aliphatic carbocycles. The zero-order chi connectivity index (χ0) is 14.0. The number of aromatic nitrogens is 1. The van der Waals surface area contributed by atoms with E-state index >= 15 is 0 Å². The van der Waals surface area contributed by atoms with Gasteiger partial charge in [0.1, 0.15) is 16.5 Å². The van der Waals surface area contributed by atoms with Gasteiger partial charge in [-0.1, -0.05) is 0 Å². The topological polar surface area (TPSA) is 40.9 Å². The molecule has 20 heavy (non-hydrogen) atoms. The van der Waals surface area contributed by atoms with Gasteiger partial charge >= 0.3 is 0 Å². The lowest BCUT2D eigenvalue weighted by molar-refractivity contribution is 0.659. The average Bonchev–Trinajstić information content (AvgIpc) is 3.00. The molecule has 0 radical (unpaired) electrons. The molecule has 0 aromatic carbocycles. The highest BCUT2D eigenvalue weighted by atomic mass is 32.1. The Morgan fingerprint density at radius 2 is 1.90 bits per heavy atom. The molecular formula is C15H16N4S. The van der Waals surface area contributed by atoms with Gasteiger partial charge in [0.05, 0.1) is 17.1 Å². The molecule has 0 saturated heterocycles. The Kier molecular flexibility index (Phi) is 2.33. The summed E-state index contributed by atoms with van der Waals surface area (Å²) in [7, 11) is 0. The van der Waals surface area contributed by atoms with Crippen LogP contribution in [0.15, 0.2) is 9.98 Å². The third-order valence-electron chi connectivity index (χ3n) is 4.32. The van der Waals surface area contributed by atoms with Gasteiger partial charge in [0.2, 0.25) is 0 Å². The number of thiophene rings is 1. The molecule has 4 rings (SSSR count). The van der Waals surface area contributed by atoms with Crippen LogP contribution in [-0.4, -0.2) is 34.6 Å². The summed E-state index contributed by atoms with van der Waals surface area (Å²) < 4.78 is 0. The van der Waals surface area contributed by atoms with Crippen molar-refractivity contribution in [1.82, 2.24) is 9.88 Å². The van der Waals surface area contributed by atoms with Crippen LogP contribution in [-0.2, 0) is 0 Å². The van der Waals surface area contributed by atoms with Crippen molar-refractivity contribution in [2.45, 2.75) is 27.7 Å². The molecule has 0 atom stereocenters. The lowest BCUT2D eigenvalue weighted by Crippen LogP contribution is -2.34. The van der Waals surface area contributed by atoms with E-state index in [9.17, 15) is 0 Å². The number of aryl methyl sites for hydroxylation is 2. The fraction of sp³-hybridized carbons (Fsp3) is 0.400. The van der Waals surface area contributed by atoms with Crippen molar-refractivity contribution in [3.63, 3.8) is 0 Å². The smallest absolute Gasteiger partial charge is 0.149 e. The highest BCUT2D eigenvalue weighted by Gasteiger charge is 2.31. The van der Waals surface area contributed by atoms with Gasteiger partial charge < -0.3 is 4.90 Å². The quantitative estimate of drug-likeness (QED) is 0.744. The molecule has 2 aliphatic heterocycles. The monoisotopic (exact) mass is 284 g/mol. The molecule has 2 aromatic rings. The summed E-state index contributed by atoms with van der Waals surface area (Å²) in [6.07, 6.45) is 0. The van der Waals surface area contributed by atoms with Gasteiger partial charge in [-0.15, -0.1) is 11.3 Å².